The van der Waals surface area contributed by atoms with E-state index in [4.69, 9.17) is 4.74 Å². The monoisotopic (exact) mass is 155 g/mol. The van der Waals surface area contributed by atoms with Crippen molar-refractivity contribution < 1.29 is 9.53 Å². The van der Waals surface area contributed by atoms with Crippen molar-refractivity contribution in [1.82, 2.24) is 5.32 Å². The van der Waals surface area contributed by atoms with Crippen LogP contribution in [0.25, 0.3) is 0 Å². The molecule has 1 atom stereocenters. The van der Waals surface area contributed by atoms with Crippen LogP contribution >= 0.6 is 0 Å². The normalized spacial score (nSPS) is 24.2. The predicted molar refractivity (Wildman–Crippen MR) is 42.1 cm³/mol. The minimum absolute atomic E-state index is 0.286. The molecule has 1 saturated heterocycles. The van der Waals surface area contributed by atoms with Gasteiger partial charge in [0.25, 0.3) is 0 Å². The second kappa shape index (κ2) is 5.08. The number of hydrogen-bond acceptors (Lipinski definition) is 3. The maximum Gasteiger partial charge on any atom is 0.122 e. The lowest BCUT2D eigenvalue weighted by atomic mass is 10.1. The van der Waals surface area contributed by atoms with Crippen molar-refractivity contribution in [3.63, 3.8) is 0 Å². The SMILES string of the molecule is O=C=CCOC1CCCNC1. The predicted octanol–water partition coefficient (Wildman–Crippen LogP) is 0.143. The van der Waals surface area contributed by atoms with E-state index in [1.165, 1.54) is 6.08 Å². The van der Waals surface area contributed by atoms with Gasteiger partial charge >= 0.3 is 0 Å². The van der Waals surface area contributed by atoms with Gasteiger partial charge in [0.05, 0.1) is 12.7 Å². The Labute approximate surface area is 66.4 Å². The average molecular weight is 155 g/mol. The van der Waals surface area contributed by atoms with Crippen LogP contribution in [0.5, 0.6) is 0 Å². The lowest BCUT2D eigenvalue weighted by Crippen LogP contribution is -2.35. The average Bonchev–Trinajstić information content (AvgIpc) is 2.07. The summed E-state index contributed by atoms with van der Waals surface area (Å²) in [6, 6.07) is 0. The maximum absolute atomic E-state index is 9.77. The molecule has 0 saturated carbocycles. The molecule has 11 heavy (non-hydrogen) atoms. The van der Waals surface area contributed by atoms with E-state index in [1.54, 1.807) is 5.94 Å². The van der Waals surface area contributed by atoms with Crippen LogP contribution in [0.15, 0.2) is 6.08 Å². The first-order valence-corrected chi connectivity index (χ1v) is 3.95. The minimum Gasteiger partial charge on any atom is -0.372 e. The van der Waals surface area contributed by atoms with Crippen LogP contribution < -0.4 is 5.32 Å². The molecule has 1 unspecified atom stereocenters. The highest BCUT2D eigenvalue weighted by atomic mass is 16.5. The Bertz CT molecular complexity index is 146. The molecule has 0 bridgehead atoms. The fourth-order valence-corrected chi connectivity index (χ4v) is 1.18. The van der Waals surface area contributed by atoms with Gasteiger partial charge in [0.1, 0.15) is 5.94 Å². The molecule has 62 valence electrons. The third-order valence-electron chi connectivity index (χ3n) is 1.75. The van der Waals surface area contributed by atoms with Crippen molar-refractivity contribution in [3.8, 4) is 0 Å². The van der Waals surface area contributed by atoms with Gasteiger partial charge in [-0.05, 0) is 19.4 Å². The zero-order chi connectivity index (χ0) is 7.94. The minimum atomic E-state index is 0.286. The van der Waals surface area contributed by atoms with E-state index in [2.05, 4.69) is 5.32 Å². The van der Waals surface area contributed by atoms with Crippen molar-refractivity contribution in [1.29, 1.82) is 0 Å². The summed E-state index contributed by atoms with van der Waals surface area (Å²) in [4.78, 5) is 9.77. The summed E-state index contributed by atoms with van der Waals surface area (Å²) in [6.45, 7) is 2.39. The van der Waals surface area contributed by atoms with Gasteiger partial charge in [-0.2, -0.15) is 0 Å². The number of rotatable bonds is 3. The van der Waals surface area contributed by atoms with Gasteiger partial charge in [-0.15, -0.1) is 0 Å². The topological polar surface area (TPSA) is 38.3 Å². The quantitative estimate of drug-likeness (QED) is 0.589. The fourth-order valence-electron chi connectivity index (χ4n) is 1.18. The molecule has 1 fully saturated rings. The molecular weight excluding hydrogens is 142 g/mol. The van der Waals surface area contributed by atoms with E-state index in [1.807, 2.05) is 0 Å². The van der Waals surface area contributed by atoms with Crippen LogP contribution in [0.4, 0.5) is 0 Å². The molecule has 0 aliphatic carbocycles. The number of carbonyl (C=O) groups excluding carboxylic acids is 1. The molecule has 0 spiro atoms. The first-order valence-electron chi connectivity index (χ1n) is 3.95. The highest BCUT2D eigenvalue weighted by Gasteiger charge is 2.11. The summed E-state index contributed by atoms with van der Waals surface area (Å²) in [5, 5.41) is 3.22. The van der Waals surface area contributed by atoms with E-state index in [0.717, 1.165) is 25.9 Å². The Morgan fingerprint density at radius 1 is 1.73 bits per heavy atom. The van der Waals surface area contributed by atoms with Gasteiger partial charge in [0.15, 0.2) is 0 Å². The maximum atomic E-state index is 9.77. The molecule has 1 N–H and O–H groups in total. The van der Waals surface area contributed by atoms with Crippen LogP contribution in [0.2, 0.25) is 0 Å². The van der Waals surface area contributed by atoms with Crippen molar-refractivity contribution >= 4 is 5.94 Å². The third kappa shape index (κ3) is 3.33. The van der Waals surface area contributed by atoms with E-state index in [9.17, 15) is 4.79 Å². The van der Waals surface area contributed by atoms with Crippen LogP contribution in [-0.4, -0.2) is 31.7 Å². The van der Waals surface area contributed by atoms with E-state index in [0.29, 0.717) is 6.61 Å². The Balaban J connectivity index is 2.09. The van der Waals surface area contributed by atoms with Gasteiger partial charge in [-0.3, -0.25) is 0 Å². The van der Waals surface area contributed by atoms with Crippen LogP contribution in [0.1, 0.15) is 12.8 Å². The number of ether oxygens (including phenoxy) is 1. The number of piperidine rings is 1. The Kier molecular flexibility index (Phi) is 3.91. The van der Waals surface area contributed by atoms with Gasteiger partial charge in [0.2, 0.25) is 0 Å². The Hall–Kier alpha value is -0.630. The summed E-state index contributed by atoms with van der Waals surface area (Å²) >= 11 is 0. The van der Waals surface area contributed by atoms with Gasteiger partial charge in [-0.1, -0.05) is 0 Å². The summed E-state index contributed by atoms with van der Waals surface area (Å²) in [6.07, 6.45) is 3.91. The van der Waals surface area contributed by atoms with Gasteiger partial charge < -0.3 is 10.1 Å². The molecule has 1 aliphatic heterocycles. The van der Waals surface area contributed by atoms with E-state index >= 15 is 0 Å². The largest absolute Gasteiger partial charge is 0.372 e. The third-order valence-corrected chi connectivity index (χ3v) is 1.75. The van der Waals surface area contributed by atoms with Gasteiger partial charge in [0, 0.05) is 12.6 Å². The van der Waals surface area contributed by atoms with Crippen molar-refractivity contribution in [2.75, 3.05) is 19.7 Å². The first-order chi connectivity index (χ1) is 5.43. The second-order valence-electron chi connectivity index (χ2n) is 2.62. The smallest absolute Gasteiger partial charge is 0.122 e. The zero-order valence-corrected chi connectivity index (χ0v) is 6.51. The number of hydrogen-bond donors (Lipinski definition) is 1. The molecule has 3 heteroatoms. The van der Waals surface area contributed by atoms with Crippen LogP contribution in [0.3, 0.4) is 0 Å². The lowest BCUT2D eigenvalue weighted by Gasteiger charge is -2.21. The van der Waals surface area contributed by atoms with Crippen molar-refractivity contribution in [3.05, 3.63) is 6.08 Å². The molecule has 0 radical (unpaired) electrons. The lowest BCUT2D eigenvalue weighted by molar-refractivity contribution is 0.0561. The highest BCUT2D eigenvalue weighted by molar-refractivity contribution is 5.44. The van der Waals surface area contributed by atoms with Crippen LogP contribution in [-0.2, 0) is 9.53 Å². The summed E-state index contributed by atoms with van der Waals surface area (Å²) in [5.74, 6) is 1.69. The van der Waals surface area contributed by atoms with E-state index < -0.39 is 0 Å². The molecule has 1 heterocycles. The summed E-state index contributed by atoms with van der Waals surface area (Å²) < 4.78 is 5.34. The highest BCUT2D eigenvalue weighted by Crippen LogP contribution is 2.04. The number of nitrogens with one attached hydrogen (secondary N) is 1. The van der Waals surface area contributed by atoms with Crippen molar-refractivity contribution in [2.45, 2.75) is 18.9 Å². The summed E-state index contributed by atoms with van der Waals surface area (Å²) in [5.41, 5.74) is 0. The standard InChI is InChI=1S/C8H13NO2/c10-5-2-6-11-8-3-1-4-9-7-8/h2,8-9H,1,3-4,6-7H2. The molecule has 3 nitrogen and oxygen atoms in total. The Morgan fingerprint density at radius 3 is 3.27 bits per heavy atom. The van der Waals surface area contributed by atoms with Crippen molar-refractivity contribution in [2.24, 2.45) is 0 Å². The van der Waals surface area contributed by atoms with E-state index in [-0.39, 0.29) is 6.10 Å². The zero-order valence-electron chi connectivity index (χ0n) is 6.51. The second-order valence-corrected chi connectivity index (χ2v) is 2.62. The molecular formula is C8H13NO2. The molecule has 0 aromatic carbocycles. The molecule has 0 aromatic heterocycles. The van der Waals surface area contributed by atoms with Gasteiger partial charge in [-0.25, -0.2) is 4.79 Å². The van der Waals surface area contributed by atoms with Crippen LogP contribution in [0, 0.1) is 0 Å². The summed E-state index contributed by atoms with van der Waals surface area (Å²) in [7, 11) is 0. The molecule has 1 rings (SSSR count). The Morgan fingerprint density at radius 2 is 2.64 bits per heavy atom. The fraction of sp³-hybridized carbons (Fsp3) is 0.750. The molecule has 0 aromatic rings. The molecule has 0 amide bonds. The molecule has 1 aliphatic rings. The first kappa shape index (κ1) is 8.47.